The number of hydrogen-bond donors (Lipinski definition) is 1. The van der Waals surface area contributed by atoms with Crippen molar-refractivity contribution in [3.63, 3.8) is 0 Å². The van der Waals surface area contributed by atoms with Gasteiger partial charge in [0.25, 0.3) is 5.91 Å². The smallest absolute Gasteiger partial charge is 0.251 e. The maximum atomic E-state index is 12.0. The van der Waals surface area contributed by atoms with Crippen molar-refractivity contribution in [3.8, 4) is 11.4 Å². The number of aromatic nitrogens is 3. The fourth-order valence-corrected chi connectivity index (χ4v) is 2.30. The zero-order valence-electron chi connectivity index (χ0n) is 12.2. The topological polar surface area (TPSA) is 59.3 Å². The summed E-state index contributed by atoms with van der Waals surface area (Å²) in [6.45, 7) is 3.85. The van der Waals surface area contributed by atoms with Gasteiger partial charge in [-0.05, 0) is 50.2 Å². The summed E-state index contributed by atoms with van der Waals surface area (Å²) in [5.41, 5.74) is 2.11. The molecule has 0 bridgehead atoms. The summed E-state index contributed by atoms with van der Waals surface area (Å²) in [5, 5.41) is 11.9. The lowest BCUT2D eigenvalue weighted by Crippen LogP contribution is -2.30. The molecule has 0 unspecified atom stereocenters. The molecule has 3 rings (SSSR count). The number of halogens is 1. The molecule has 0 aliphatic heterocycles. The van der Waals surface area contributed by atoms with Crippen molar-refractivity contribution in [2.24, 2.45) is 0 Å². The van der Waals surface area contributed by atoms with Gasteiger partial charge in [0.05, 0.1) is 0 Å². The van der Waals surface area contributed by atoms with E-state index in [1.54, 1.807) is 18.3 Å². The number of rotatable bonds is 3. The molecule has 3 aromatic rings. The predicted octanol–water partition coefficient (Wildman–Crippen LogP) is 3.19. The quantitative estimate of drug-likeness (QED) is 0.807. The molecule has 2 aromatic heterocycles. The highest BCUT2D eigenvalue weighted by Crippen LogP contribution is 2.21. The van der Waals surface area contributed by atoms with Crippen molar-refractivity contribution in [1.82, 2.24) is 19.9 Å². The van der Waals surface area contributed by atoms with Crippen LogP contribution in [0.4, 0.5) is 0 Å². The number of fused-ring (bicyclic) bond motifs is 1. The summed E-state index contributed by atoms with van der Waals surface area (Å²) in [7, 11) is 0. The van der Waals surface area contributed by atoms with Gasteiger partial charge in [0.2, 0.25) is 0 Å². The Morgan fingerprint density at radius 1 is 1.18 bits per heavy atom. The molecular formula is C16H15ClN4O. The minimum atomic E-state index is -0.117. The minimum Gasteiger partial charge on any atom is -0.350 e. The lowest BCUT2D eigenvalue weighted by atomic mass is 10.2. The highest BCUT2D eigenvalue weighted by molar-refractivity contribution is 6.30. The number of carbonyl (C=O) groups excluding carboxylic acids is 1. The lowest BCUT2D eigenvalue weighted by molar-refractivity contribution is 0.0943. The highest BCUT2D eigenvalue weighted by atomic mass is 35.5. The van der Waals surface area contributed by atoms with E-state index in [0.717, 1.165) is 5.56 Å². The van der Waals surface area contributed by atoms with E-state index >= 15 is 0 Å². The minimum absolute atomic E-state index is 0.0891. The van der Waals surface area contributed by atoms with Gasteiger partial charge in [-0.1, -0.05) is 11.6 Å². The predicted molar refractivity (Wildman–Crippen MR) is 86.0 cm³/mol. The Morgan fingerprint density at radius 2 is 1.91 bits per heavy atom. The molecule has 0 aliphatic rings. The second-order valence-electron chi connectivity index (χ2n) is 5.30. The Labute approximate surface area is 132 Å². The SMILES string of the molecule is CC(C)NC(=O)c1ccn2c(-c3ccc(Cl)cc3)nnc2c1. The van der Waals surface area contributed by atoms with E-state index in [2.05, 4.69) is 15.5 Å². The lowest BCUT2D eigenvalue weighted by Gasteiger charge is -2.08. The summed E-state index contributed by atoms with van der Waals surface area (Å²) < 4.78 is 1.84. The van der Waals surface area contributed by atoms with Crippen molar-refractivity contribution in [3.05, 3.63) is 53.2 Å². The number of pyridine rings is 1. The Bertz CT molecular complexity index is 824. The molecule has 1 aromatic carbocycles. The van der Waals surface area contributed by atoms with Crippen LogP contribution in [0.5, 0.6) is 0 Å². The zero-order chi connectivity index (χ0) is 15.7. The largest absolute Gasteiger partial charge is 0.350 e. The van der Waals surface area contributed by atoms with Crippen molar-refractivity contribution >= 4 is 23.2 Å². The highest BCUT2D eigenvalue weighted by Gasteiger charge is 2.12. The molecule has 1 amide bonds. The molecule has 0 radical (unpaired) electrons. The van der Waals surface area contributed by atoms with Gasteiger partial charge in [0, 0.05) is 28.4 Å². The van der Waals surface area contributed by atoms with Crippen LogP contribution >= 0.6 is 11.6 Å². The van der Waals surface area contributed by atoms with Gasteiger partial charge in [-0.2, -0.15) is 0 Å². The first kappa shape index (κ1) is 14.5. The fourth-order valence-electron chi connectivity index (χ4n) is 2.17. The zero-order valence-corrected chi connectivity index (χ0v) is 13.0. The van der Waals surface area contributed by atoms with Crippen LogP contribution in [0.2, 0.25) is 5.02 Å². The molecule has 22 heavy (non-hydrogen) atoms. The van der Waals surface area contributed by atoms with Crippen LogP contribution in [-0.4, -0.2) is 26.5 Å². The molecule has 6 heteroatoms. The Kier molecular flexibility index (Phi) is 3.81. The third kappa shape index (κ3) is 2.80. The molecule has 0 atom stereocenters. The van der Waals surface area contributed by atoms with Gasteiger partial charge in [-0.25, -0.2) is 0 Å². The summed E-state index contributed by atoms with van der Waals surface area (Å²) in [4.78, 5) is 12.0. The van der Waals surface area contributed by atoms with E-state index in [9.17, 15) is 4.79 Å². The second-order valence-corrected chi connectivity index (χ2v) is 5.74. The van der Waals surface area contributed by atoms with E-state index in [0.29, 0.717) is 22.1 Å². The van der Waals surface area contributed by atoms with Gasteiger partial charge in [-0.3, -0.25) is 9.20 Å². The van der Waals surface area contributed by atoms with Gasteiger partial charge in [0.15, 0.2) is 11.5 Å². The van der Waals surface area contributed by atoms with Gasteiger partial charge < -0.3 is 5.32 Å². The Morgan fingerprint density at radius 3 is 2.59 bits per heavy atom. The van der Waals surface area contributed by atoms with Gasteiger partial charge in [-0.15, -0.1) is 10.2 Å². The van der Waals surface area contributed by atoms with Crippen molar-refractivity contribution in [1.29, 1.82) is 0 Å². The molecule has 0 saturated heterocycles. The van der Waals surface area contributed by atoms with E-state index in [1.165, 1.54) is 0 Å². The Balaban J connectivity index is 1.99. The summed E-state index contributed by atoms with van der Waals surface area (Å²) >= 11 is 5.90. The first-order chi connectivity index (χ1) is 10.5. The van der Waals surface area contributed by atoms with Crippen LogP contribution < -0.4 is 5.32 Å². The average Bonchev–Trinajstić information content (AvgIpc) is 2.90. The van der Waals surface area contributed by atoms with E-state index in [-0.39, 0.29) is 11.9 Å². The molecular weight excluding hydrogens is 300 g/mol. The first-order valence-electron chi connectivity index (χ1n) is 6.96. The van der Waals surface area contributed by atoms with Crippen LogP contribution in [0.15, 0.2) is 42.6 Å². The van der Waals surface area contributed by atoms with Crippen molar-refractivity contribution in [2.75, 3.05) is 0 Å². The third-order valence-corrected chi connectivity index (χ3v) is 3.45. The van der Waals surface area contributed by atoms with Crippen LogP contribution in [-0.2, 0) is 0 Å². The molecule has 0 saturated carbocycles. The number of amides is 1. The van der Waals surface area contributed by atoms with Crippen LogP contribution in [0, 0.1) is 0 Å². The number of hydrogen-bond acceptors (Lipinski definition) is 3. The van der Waals surface area contributed by atoms with Crippen molar-refractivity contribution < 1.29 is 4.79 Å². The average molecular weight is 315 g/mol. The van der Waals surface area contributed by atoms with Crippen LogP contribution in [0.1, 0.15) is 24.2 Å². The fraction of sp³-hybridized carbons (Fsp3) is 0.188. The van der Waals surface area contributed by atoms with E-state index in [4.69, 9.17) is 11.6 Å². The normalized spacial score (nSPS) is 11.1. The van der Waals surface area contributed by atoms with Gasteiger partial charge in [0.1, 0.15) is 0 Å². The maximum absolute atomic E-state index is 12.0. The summed E-state index contributed by atoms with van der Waals surface area (Å²) in [6.07, 6.45) is 1.80. The molecule has 0 spiro atoms. The standard InChI is InChI=1S/C16H15ClN4O/c1-10(2)18-16(22)12-7-8-21-14(9-12)19-20-15(21)11-3-5-13(17)6-4-11/h3-10H,1-2H3,(H,18,22). The van der Waals surface area contributed by atoms with Gasteiger partial charge >= 0.3 is 0 Å². The van der Waals surface area contributed by atoms with Crippen LogP contribution in [0.3, 0.4) is 0 Å². The van der Waals surface area contributed by atoms with Crippen LogP contribution in [0.25, 0.3) is 17.0 Å². The third-order valence-electron chi connectivity index (χ3n) is 3.19. The molecule has 5 nitrogen and oxygen atoms in total. The van der Waals surface area contributed by atoms with E-state index < -0.39 is 0 Å². The Hall–Kier alpha value is -2.40. The maximum Gasteiger partial charge on any atom is 0.251 e. The number of carbonyl (C=O) groups is 1. The summed E-state index contributed by atoms with van der Waals surface area (Å²) in [6, 6.07) is 11.0. The monoisotopic (exact) mass is 314 g/mol. The number of benzene rings is 1. The van der Waals surface area contributed by atoms with Crippen molar-refractivity contribution in [2.45, 2.75) is 19.9 Å². The molecule has 2 heterocycles. The molecule has 1 N–H and O–H groups in total. The molecule has 0 aliphatic carbocycles. The second kappa shape index (κ2) is 5.77. The molecule has 0 fully saturated rings. The summed E-state index contributed by atoms with van der Waals surface area (Å²) in [5.74, 6) is 0.594. The number of nitrogens with zero attached hydrogens (tertiary/aromatic N) is 3. The first-order valence-corrected chi connectivity index (χ1v) is 7.34. The van der Waals surface area contributed by atoms with E-state index in [1.807, 2.05) is 42.5 Å². The number of nitrogens with one attached hydrogen (secondary N) is 1. The molecule has 112 valence electrons.